The van der Waals surface area contributed by atoms with Crippen LogP contribution in [0.25, 0.3) is 0 Å². The third-order valence-corrected chi connectivity index (χ3v) is 5.90. The molecule has 4 atom stereocenters. The molecule has 0 spiro atoms. The van der Waals surface area contributed by atoms with Crippen molar-refractivity contribution in [3.05, 3.63) is 69.0 Å². The minimum atomic E-state index is -0.901. The lowest BCUT2D eigenvalue weighted by Gasteiger charge is -2.25. The summed E-state index contributed by atoms with van der Waals surface area (Å²) >= 11 is 0.390. The monoisotopic (exact) mass is 527 g/mol. The smallest absolute Gasteiger partial charge is 0.335 e. The minimum Gasteiger partial charge on any atom is -0.691 e. The summed E-state index contributed by atoms with van der Waals surface area (Å²) in [6.45, 7) is 3.98. The van der Waals surface area contributed by atoms with Crippen LogP contribution in [0.3, 0.4) is 0 Å². The molecule has 2 aliphatic rings. The van der Waals surface area contributed by atoms with Crippen LogP contribution in [0.5, 0.6) is 0 Å². The van der Waals surface area contributed by atoms with E-state index < -0.39 is 41.6 Å². The van der Waals surface area contributed by atoms with E-state index in [0.29, 0.717) is 12.3 Å². The first-order chi connectivity index (χ1) is 17.4. The van der Waals surface area contributed by atoms with Gasteiger partial charge in [0, 0.05) is 12.3 Å². The van der Waals surface area contributed by atoms with E-state index in [9.17, 15) is 14.8 Å². The number of rotatable bonds is 13. The molecule has 2 saturated heterocycles. The van der Waals surface area contributed by atoms with E-state index in [2.05, 4.69) is 9.37 Å². The van der Waals surface area contributed by atoms with Gasteiger partial charge in [0.05, 0.1) is 26.4 Å². The molecule has 0 aliphatic carbocycles. The van der Waals surface area contributed by atoms with Gasteiger partial charge in [-0.2, -0.15) is 0 Å². The molecule has 0 bridgehead atoms. The van der Waals surface area contributed by atoms with Crippen molar-refractivity contribution in [1.82, 2.24) is 9.13 Å². The Bertz CT molecular complexity index is 1090. The van der Waals surface area contributed by atoms with Crippen molar-refractivity contribution in [1.29, 1.82) is 0 Å². The molecule has 13 nitrogen and oxygen atoms in total. The van der Waals surface area contributed by atoms with Crippen molar-refractivity contribution in [3.63, 3.8) is 0 Å². The highest BCUT2D eigenvalue weighted by atomic mass is 32.2. The van der Waals surface area contributed by atoms with Gasteiger partial charge in [0.1, 0.15) is 25.0 Å². The highest BCUT2D eigenvalue weighted by Gasteiger charge is 2.56. The second-order valence-electron chi connectivity index (χ2n) is 8.47. The van der Waals surface area contributed by atoms with Gasteiger partial charge in [-0.15, -0.1) is 4.33 Å². The molecule has 2 fully saturated rings. The van der Waals surface area contributed by atoms with Crippen LogP contribution in [0.15, 0.2) is 52.2 Å². The van der Waals surface area contributed by atoms with Crippen LogP contribution < -0.4 is 16.5 Å². The zero-order chi connectivity index (χ0) is 25.5. The maximum absolute atomic E-state index is 13.2. The lowest BCUT2D eigenvalue weighted by Crippen LogP contribution is -2.43. The number of fused-ring (bicyclic) bond motifs is 1. The molecule has 0 N–H and O–H groups in total. The number of ether oxygens (including phenoxy) is 5. The molecular formula is C22H27N2O11S-. The highest BCUT2D eigenvalue weighted by Crippen LogP contribution is 2.42. The van der Waals surface area contributed by atoms with Crippen molar-refractivity contribution < 1.29 is 42.5 Å². The summed E-state index contributed by atoms with van der Waals surface area (Å²) in [7, 11) is 0. The van der Waals surface area contributed by atoms with E-state index in [1.165, 1.54) is 16.8 Å². The fourth-order valence-electron chi connectivity index (χ4n) is 4.05. The van der Waals surface area contributed by atoms with Gasteiger partial charge in [-0.25, -0.2) is 9.36 Å². The van der Waals surface area contributed by atoms with Crippen molar-refractivity contribution in [2.45, 2.75) is 57.5 Å². The molecule has 198 valence electrons. The normalized spacial score (nSPS) is 24.8. The van der Waals surface area contributed by atoms with Gasteiger partial charge in [-0.1, -0.05) is 30.3 Å². The first-order valence-corrected chi connectivity index (χ1v) is 11.8. The standard InChI is InChI=1S/C22H28N2O11S/c1-22(2)32-18-16(13-28-10-11-30-36-35-34-27)31-20(19(18)33-22)23-9-8-17(25)24(21(23)26)14-29-12-15-6-4-3-5-7-15/h3-9,16,18-20,27H,10-14H2,1-2H3/p-1/t16-,18?,19+,20-/m1/s1. The van der Waals surface area contributed by atoms with Gasteiger partial charge < -0.3 is 28.9 Å². The lowest BCUT2D eigenvalue weighted by atomic mass is 10.1. The molecule has 3 heterocycles. The topological polar surface area (TPSA) is 141 Å². The average molecular weight is 528 g/mol. The molecule has 14 heteroatoms. The maximum atomic E-state index is 13.2. The Morgan fingerprint density at radius 2 is 1.83 bits per heavy atom. The Balaban J connectivity index is 1.43. The Morgan fingerprint density at radius 3 is 2.61 bits per heavy atom. The molecular weight excluding hydrogens is 500 g/mol. The molecule has 1 unspecified atom stereocenters. The summed E-state index contributed by atoms with van der Waals surface area (Å²) < 4.78 is 40.5. The van der Waals surface area contributed by atoms with Crippen LogP contribution in [0.4, 0.5) is 0 Å². The number of aromatic nitrogens is 2. The number of nitrogens with zero attached hydrogens (tertiary/aromatic N) is 2. The predicted molar refractivity (Wildman–Crippen MR) is 120 cm³/mol. The number of hydrogen-bond acceptors (Lipinski definition) is 12. The first-order valence-electron chi connectivity index (χ1n) is 11.2. The fraction of sp³-hybridized carbons (Fsp3) is 0.545. The molecule has 0 radical (unpaired) electrons. The van der Waals surface area contributed by atoms with Crippen LogP contribution in [0.2, 0.25) is 0 Å². The quantitative estimate of drug-likeness (QED) is 0.154. The highest BCUT2D eigenvalue weighted by molar-refractivity contribution is 7.89. The largest absolute Gasteiger partial charge is 0.691 e. The van der Waals surface area contributed by atoms with Crippen LogP contribution in [0, 0.1) is 0 Å². The fourth-order valence-corrected chi connectivity index (χ4v) is 4.25. The Morgan fingerprint density at radius 1 is 1.06 bits per heavy atom. The van der Waals surface area contributed by atoms with E-state index in [0.717, 1.165) is 10.1 Å². The zero-order valence-electron chi connectivity index (χ0n) is 19.7. The molecule has 0 saturated carbocycles. The summed E-state index contributed by atoms with van der Waals surface area (Å²) in [4.78, 5) is 25.7. The average Bonchev–Trinajstić information content (AvgIpc) is 3.34. The van der Waals surface area contributed by atoms with E-state index in [1.54, 1.807) is 13.8 Å². The summed E-state index contributed by atoms with van der Waals surface area (Å²) in [6.07, 6.45) is -1.16. The molecule has 4 rings (SSSR count). The zero-order valence-corrected chi connectivity index (χ0v) is 20.5. The second-order valence-corrected chi connectivity index (χ2v) is 8.97. The van der Waals surface area contributed by atoms with Crippen molar-refractivity contribution in [3.8, 4) is 0 Å². The van der Waals surface area contributed by atoms with Gasteiger partial charge in [0.2, 0.25) is 0 Å². The third-order valence-electron chi connectivity index (χ3n) is 5.52. The van der Waals surface area contributed by atoms with Crippen LogP contribution in [-0.4, -0.2) is 53.1 Å². The Hall–Kier alpha value is -2.11. The van der Waals surface area contributed by atoms with Crippen LogP contribution in [0.1, 0.15) is 25.6 Å². The summed E-state index contributed by atoms with van der Waals surface area (Å²) in [5.74, 6) is -0.901. The Kier molecular flexibility index (Phi) is 9.30. The van der Waals surface area contributed by atoms with Gasteiger partial charge in [0.15, 0.2) is 24.3 Å². The first kappa shape index (κ1) is 26.9. The summed E-state index contributed by atoms with van der Waals surface area (Å²) in [6, 6.07) is 10.7. The summed E-state index contributed by atoms with van der Waals surface area (Å²) in [5, 5.41) is 12.9. The molecule has 2 aliphatic heterocycles. The number of hydrogen-bond donors (Lipinski definition) is 0. The maximum Gasteiger partial charge on any atom is 0.335 e. The SMILES string of the molecule is CC1(C)OC2[C@@H](COCCOSOO[O-])O[C@@H](n3ccc(=O)n(COCc4ccccc4)c3=O)[C@H]2O1. The van der Waals surface area contributed by atoms with E-state index in [-0.39, 0.29) is 33.2 Å². The summed E-state index contributed by atoms with van der Waals surface area (Å²) in [5.41, 5.74) is -0.173. The van der Waals surface area contributed by atoms with E-state index in [4.69, 9.17) is 27.9 Å². The van der Waals surface area contributed by atoms with Gasteiger partial charge in [-0.05, 0) is 19.4 Å². The van der Waals surface area contributed by atoms with Crippen LogP contribution in [-0.2, 0) is 50.6 Å². The molecule has 1 aromatic heterocycles. The van der Waals surface area contributed by atoms with E-state index in [1.807, 2.05) is 30.3 Å². The van der Waals surface area contributed by atoms with Crippen LogP contribution >= 0.6 is 12.3 Å². The third kappa shape index (κ3) is 6.60. The lowest BCUT2D eigenvalue weighted by molar-refractivity contribution is -0.777. The minimum absolute atomic E-state index is 0.120. The molecule has 36 heavy (non-hydrogen) atoms. The van der Waals surface area contributed by atoms with Gasteiger partial charge in [0.25, 0.3) is 5.56 Å². The van der Waals surface area contributed by atoms with Crippen molar-refractivity contribution >= 4 is 12.3 Å². The second kappa shape index (κ2) is 12.4. The van der Waals surface area contributed by atoms with Gasteiger partial charge in [-0.3, -0.25) is 18.6 Å². The molecule has 1 aromatic carbocycles. The molecule has 0 amide bonds. The predicted octanol–water partition coefficient (Wildman–Crippen LogP) is 0.422. The van der Waals surface area contributed by atoms with Crippen molar-refractivity contribution in [2.75, 3.05) is 19.8 Å². The van der Waals surface area contributed by atoms with Gasteiger partial charge >= 0.3 is 5.69 Å². The Labute approximate surface area is 210 Å². The van der Waals surface area contributed by atoms with Crippen molar-refractivity contribution in [2.24, 2.45) is 0 Å². The van der Waals surface area contributed by atoms with E-state index >= 15 is 0 Å². The molecule has 2 aromatic rings. The number of benzene rings is 1.